The van der Waals surface area contributed by atoms with Gasteiger partial charge in [-0.05, 0) is 6.42 Å². The largest absolute Gasteiger partial charge is 0.303 e. The van der Waals surface area contributed by atoms with Gasteiger partial charge in [-0.25, -0.2) is 0 Å². The summed E-state index contributed by atoms with van der Waals surface area (Å²) in [6.07, 6.45) is 2.14. The molecule has 0 saturated carbocycles. The van der Waals surface area contributed by atoms with Gasteiger partial charge in [0, 0.05) is 13.0 Å². The predicted molar refractivity (Wildman–Crippen MR) is 37.7 cm³/mol. The number of nitrogens with one attached hydrogen (secondary N) is 1. The van der Waals surface area contributed by atoms with Crippen LogP contribution in [-0.2, 0) is 0 Å². The van der Waals surface area contributed by atoms with Crippen molar-refractivity contribution in [1.29, 1.82) is 5.41 Å². The maximum absolute atomic E-state index is 7.17. The fourth-order valence-corrected chi connectivity index (χ4v) is 1.22. The van der Waals surface area contributed by atoms with Crippen LogP contribution in [0.2, 0.25) is 0 Å². The smallest absolute Gasteiger partial charge is 0.105 e. The minimum absolute atomic E-state index is 0.778. The summed E-state index contributed by atoms with van der Waals surface area (Å²) >= 11 is 2.17. The fourth-order valence-electron chi connectivity index (χ4n) is 0.642. The second kappa shape index (κ2) is 1.98. The lowest BCUT2D eigenvalue weighted by molar-refractivity contribution is 0.763. The predicted octanol–water partition coefficient (Wildman–Crippen LogP) is 1.41. The summed E-state index contributed by atoms with van der Waals surface area (Å²) in [6.45, 7) is 1.07. The van der Waals surface area contributed by atoms with Crippen molar-refractivity contribution in [2.75, 3.05) is 6.54 Å². The first-order chi connectivity index (χ1) is 3.30. The molecule has 1 rings (SSSR count). The van der Waals surface area contributed by atoms with Gasteiger partial charge in [-0.3, -0.25) is 5.41 Å². The van der Waals surface area contributed by atoms with E-state index in [-0.39, 0.29) is 0 Å². The Balaban J connectivity index is 2.48. The van der Waals surface area contributed by atoms with Crippen LogP contribution >= 0.6 is 22.9 Å². The van der Waals surface area contributed by atoms with Crippen molar-refractivity contribution < 1.29 is 0 Å². The lowest BCUT2D eigenvalue weighted by Gasteiger charge is -2.03. The molecule has 0 aromatic rings. The lowest BCUT2D eigenvalue weighted by atomic mass is 10.4. The SMILES string of the molecule is N=C1CCCN1I. The zero-order valence-electron chi connectivity index (χ0n) is 3.95. The third-order valence-corrected chi connectivity index (χ3v) is 2.13. The minimum Gasteiger partial charge on any atom is -0.303 e. The number of halogens is 1. The second-order valence-corrected chi connectivity index (χ2v) is 2.80. The van der Waals surface area contributed by atoms with E-state index >= 15 is 0 Å². The van der Waals surface area contributed by atoms with Crippen LogP contribution in [0, 0.1) is 5.41 Å². The molecule has 1 fully saturated rings. The van der Waals surface area contributed by atoms with E-state index in [0.29, 0.717) is 0 Å². The molecule has 0 spiro atoms. The van der Waals surface area contributed by atoms with Crippen molar-refractivity contribution >= 4 is 28.7 Å². The van der Waals surface area contributed by atoms with Gasteiger partial charge in [0.2, 0.25) is 0 Å². The van der Waals surface area contributed by atoms with Gasteiger partial charge < -0.3 is 3.11 Å². The number of amidine groups is 1. The molecular formula is C4H7IN2. The van der Waals surface area contributed by atoms with E-state index in [1.54, 1.807) is 0 Å². The van der Waals surface area contributed by atoms with Crippen molar-refractivity contribution in [3.63, 3.8) is 0 Å². The molecule has 2 nitrogen and oxygen atoms in total. The zero-order valence-corrected chi connectivity index (χ0v) is 6.10. The molecule has 3 heteroatoms. The molecule has 0 radical (unpaired) electrons. The Kier molecular flexibility index (Phi) is 1.51. The van der Waals surface area contributed by atoms with Gasteiger partial charge in [0.1, 0.15) is 5.84 Å². The van der Waals surface area contributed by atoms with Gasteiger partial charge in [-0.2, -0.15) is 0 Å². The minimum atomic E-state index is 0.778. The Bertz CT molecular complexity index is 91.7. The van der Waals surface area contributed by atoms with Crippen molar-refractivity contribution in [3.05, 3.63) is 0 Å². The van der Waals surface area contributed by atoms with Crippen LogP contribution in [0.5, 0.6) is 0 Å². The Morgan fingerprint density at radius 1 is 1.71 bits per heavy atom. The number of hydrogen-bond donors (Lipinski definition) is 1. The highest BCUT2D eigenvalue weighted by Crippen LogP contribution is 2.13. The van der Waals surface area contributed by atoms with E-state index in [2.05, 4.69) is 22.9 Å². The normalized spacial score (nSPS) is 21.3. The van der Waals surface area contributed by atoms with Gasteiger partial charge in [0.05, 0.1) is 22.9 Å². The van der Waals surface area contributed by atoms with E-state index in [9.17, 15) is 0 Å². The Hall–Kier alpha value is 0.200. The monoisotopic (exact) mass is 210 g/mol. The Labute approximate surface area is 56.9 Å². The van der Waals surface area contributed by atoms with Gasteiger partial charge >= 0.3 is 0 Å². The Morgan fingerprint density at radius 2 is 2.43 bits per heavy atom. The average molecular weight is 210 g/mol. The van der Waals surface area contributed by atoms with Crippen LogP contribution < -0.4 is 0 Å². The average Bonchev–Trinajstić information content (AvgIpc) is 1.91. The fraction of sp³-hybridized carbons (Fsp3) is 0.750. The molecule has 0 aromatic heterocycles. The molecule has 1 N–H and O–H groups in total. The molecule has 0 aromatic carbocycles. The quantitative estimate of drug-likeness (QED) is 0.475. The zero-order chi connectivity index (χ0) is 5.28. The van der Waals surface area contributed by atoms with Crippen LogP contribution in [0.3, 0.4) is 0 Å². The van der Waals surface area contributed by atoms with Gasteiger partial charge in [0.25, 0.3) is 0 Å². The molecule has 1 saturated heterocycles. The van der Waals surface area contributed by atoms with E-state index in [1.807, 2.05) is 3.11 Å². The summed E-state index contributed by atoms with van der Waals surface area (Å²) in [5, 5.41) is 7.17. The first-order valence-electron chi connectivity index (χ1n) is 2.31. The summed E-state index contributed by atoms with van der Waals surface area (Å²) in [7, 11) is 0. The van der Waals surface area contributed by atoms with Gasteiger partial charge in [0.15, 0.2) is 0 Å². The molecule has 1 heterocycles. The highest BCUT2D eigenvalue weighted by Gasteiger charge is 2.12. The maximum Gasteiger partial charge on any atom is 0.105 e. The first kappa shape index (κ1) is 5.34. The lowest BCUT2D eigenvalue weighted by Crippen LogP contribution is -2.09. The molecule has 40 valence electrons. The Morgan fingerprint density at radius 3 is 2.57 bits per heavy atom. The first-order valence-corrected chi connectivity index (χ1v) is 3.28. The van der Waals surface area contributed by atoms with Crippen molar-refractivity contribution in [2.24, 2.45) is 0 Å². The summed E-state index contributed by atoms with van der Waals surface area (Å²) in [4.78, 5) is 0. The summed E-state index contributed by atoms with van der Waals surface area (Å²) in [6, 6.07) is 0. The highest BCUT2D eigenvalue weighted by molar-refractivity contribution is 14.1. The highest BCUT2D eigenvalue weighted by atomic mass is 127. The van der Waals surface area contributed by atoms with Crippen molar-refractivity contribution in [2.45, 2.75) is 12.8 Å². The van der Waals surface area contributed by atoms with Gasteiger partial charge in [-0.1, -0.05) is 0 Å². The summed E-state index contributed by atoms with van der Waals surface area (Å²) in [5.74, 6) is 0.778. The van der Waals surface area contributed by atoms with Crippen LogP contribution in [0.4, 0.5) is 0 Å². The van der Waals surface area contributed by atoms with Crippen LogP contribution in [0.1, 0.15) is 12.8 Å². The van der Waals surface area contributed by atoms with E-state index < -0.39 is 0 Å². The molecule has 0 aliphatic carbocycles. The van der Waals surface area contributed by atoms with Gasteiger partial charge in [-0.15, -0.1) is 0 Å². The molecule has 1 aliphatic rings. The van der Waals surface area contributed by atoms with Crippen LogP contribution in [0.15, 0.2) is 0 Å². The van der Waals surface area contributed by atoms with E-state index in [0.717, 1.165) is 18.8 Å². The topological polar surface area (TPSA) is 27.1 Å². The second-order valence-electron chi connectivity index (χ2n) is 1.64. The van der Waals surface area contributed by atoms with Crippen molar-refractivity contribution in [3.8, 4) is 0 Å². The number of rotatable bonds is 0. The maximum atomic E-state index is 7.17. The van der Waals surface area contributed by atoms with E-state index in [4.69, 9.17) is 5.41 Å². The standard InChI is InChI=1S/C4H7IN2/c5-7-3-1-2-4(7)6/h6H,1-3H2. The number of hydrogen-bond acceptors (Lipinski definition) is 1. The summed E-state index contributed by atoms with van der Waals surface area (Å²) < 4.78 is 1.96. The molecule has 0 unspecified atom stereocenters. The molecule has 0 amide bonds. The molecule has 1 aliphatic heterocycles. The van der Waals surface area contributed by atoms with Crippen LogP contribution in [-0.4, -0.2) is 15.5 Å². The number of nitrogens with zero attached hydrogens (tertiary/aromatic N) is 1. The van der Waals surface area contributed by atoms with Crippen LogP contribution in [0.25, 0.3) is 0 Å². The molecule has 0 atom stereocenters. The molecular weight excluding hydrogens is 203 g/mol. The third-order valence-electron chi connectivity index (χ3n) is 1.06. The summed E-state index contributed by atoms with van der Waals surface area (Å²) in [5.41, 5.74) is 0. The van der Waals surface area contributed by atoms with E-state index in [1.165, 1.54) is 6.42 Å². The molecule has 0 bridgehead atoms. The third kappa shape index (κ3) is 1.05. The van der Waals surface area contributed by atoms with Crippen molar-refractivity contribution in [1.82, 2.24) is 3.11 Å². The molecule has 7 heavy (non-hydrogen) atoms.